The van der Waals surface area contributed by atoms with Gasteiger partial charge >= 0.3 is 0 Å². The van der Waals surface area contributed by atoms with Crippen molar-refractivity contribution in [2.45, 2.75) is 13.1 Å². The SMILES string of the molecule is CN(C)Cc1ccccc1CN=C(N(C)C)N(C)C. The second-order valence-corrected chi connectivity index (χ2v) is 5.41. The van der Waals surface area contributed by atoms with E-state index in [0.717, 1.165) is 19.0 Å². The molecule has 0 aromatic heterocycles. The zero-order valence-electron chi connectivity index (χ0n) is 13.0. The van der Waals surface area contributed by atoms with Gasteiger partial charge < -0.3 is 14.7 Å². The van der Waals surface area contributed by atoms with Crippen LogP contribution in [0.1, 0.15) is 11.1 Å². The van der Waals surface area contributed by atoms with Crippen LogP contribution in [0.15, 0.2) is 29.3 Å². The molecule has 0 N–H and O–H groups in total. The van der Waals surface area contributed by atoms with Gasteiger partial charge in [0.1, 0.15) is 0 Å². The number of benzene rings is 1. The predicted molar refractivity (Wildman–Crippen MR) is 82.3 cm³/mol. The van der Waals surface area contributed by atoms with E-state index in [4.69, 9.17) is 4.99 Å². The summed E-state index contributed by atoms with van der Waals surface area (Å²) in [6, 6.07) is 8.50. The molecule has 0 aliphatic heterocycles. The fraction of sp³-hybridized carbons (Fsp3) is 0.533. The van der Waals surface area contributed by atoms with Gasteiger partial charge in [0.25, 0.3) is 0 Å². The minimum Gasteiger partial charge on any atom is -0.349 e. The fourth-order valence-electron chi connectivity index (χ4n) is 2.05. The number of aliphatic imine (C=N–C) groups is 1. The maximum atomic E-state index is 4.71. The lowest BCUT2D eigenvalue weighted by atomic mass is 10.1. The summed E-state index contributed by atoms with van der Waals surface area (Å²) in [5.74, 6) is 0.986. The van der Waals surface area contributed by atoms with Gasteiger partial charge in [-0.3, -0.25) is 0 Å². The number of rotatable bonds is 4. The normalized spacial score (nSPS) is 10.5. The van der Waals surface area contributed by atoms with Crippen molar-refractivity contribution in [1.82, 2.24) is 14.7 Å². The molecule has 1 rings (SSSR count). The second-order valence-electron chi connectivity index (χ2n) is 5.41. The Bertz CT molecular complexity index is 412. The Kier molecular flexibility index (Phi) is 5.83. The first-order valence-corrected chi connectivity index (χ1v) is 6.52. The van der Waals surface area contributed by atoms with Gasteiger partial charge in [0.2, 0.25) is 0 Å². The summed E-state index contributed by atoms with van der Waals surface area (Å²) >= 11 is 0. The van der Waals surface area contributed by atoms with Crippen LogP contribution in [0.4, 0.5) is 0 Å². The molecule has 106 valence electrons. The van der Waals surface area contributed by atoms with E-state index in [0.29, 0.717) is 0 Å². The molecule has 1 aromatic rings. The number of nitrogens with zero attached hydrogens (tertiary/aromatic N) is 4. The molecule has 0 saturated heterocycles. The highest BCUT2D eigenvalue weighted by Crippen LogP contribution is 2.12. The molecule has 19 heavy (non-hydrogen) atoms. The van der Waals surface area contributed by atoms with Crippen molar-refractivity contribution in [2.24, 2.45) is 4.99 Å². The Hall–Kier alpha value is -1.55. The largest absolute Gasteiger partial charge is 0.349 e. The van der Waals surface area contributed by atoms with Crippen LogP contribution in [0.2, 0.25) is 0 Å². The quantitative estimate of drug-likeness (QED) is 0.609. The monoisotopic (exact) mass is 262 g/mol. The van der Waals surface area contributed by atoms with E-state index in [1.165, 1.54) is 11.1 Å². The molecular weight excluding hydrogens is 236 g/mol. The third-order valence-electron chi connectivity index (χ3n) is 2.80. The summed E-state index contributed by atoms with van der Waals surface area (Å²) in [5.41, 5.74) is 2.63. The van der Waals surface area contributed by atoms with Gasteiger partial charge in [0.05, 0.1) is 6.54 Å². The Labute approximate surface area is 117 Å². The molecule has 0 aliphatic carbocycles. The zero-order chi connectivity index (χ0) is 14.4. The summed E-state index contributed by atoms with van der Waals surface area (Å²) in [5, 5.41) is 0. The molecule has 0 bridgehead atoms. The van der Waals surface area contributed by atoms with Crippen LogP contribution in [0.3, 0.4) is 0 Å². The number of guanidine groups is 1. The molecule has 4 nitrogen and oxygen atoms in total. The van der Waals surface area contributed by atoms with Crippen molar-refractivity contribution >= 4 is 5.96 Å². The molecule has 0 amide bonds. The summed E-state index contributed by atoms with van der Waals surface area (Å²) < 4.78 is 0. The van der Waals surface area contributed by atoms with Gasteiger partial charge in [-0.25, -0.2) is 4.99 Å². The van der Waals surface area contributed by atoms with Gasteiger partial charge in [-0.05, 0) is 25.2 Å². The molecule has 1 aromatic carbocycles. The van der Waals surface area contributed by atoms with Crippen molar-refractivity contribution in [3.63, 3.8) is 0 Å². The molecule has 0 radical (unpaired) electrons. The summed E-state index contributed by atoms with van der Waals surface area (Å²) in [6.45, 7) is 1.67. The average molecular weight is 262 g/mol. The van der Waals surface area contributed by atoms with Crippen molar-refractivity contribution in [3.05, 3.63) is 35.4 Å². The van der Waals surface area contributed by atoms with Gasteiger partial charge in [0, 0.05) is 34.7 Å². The fourth-order valence-corrected chi connectivity index (χ4v) is 2.05. The standard InChI is InChI=1S/C15H26N4/c1-17(2)12-14-10-8-7-9-13(14)11-16-15(18(3)4)19(5)6/h7-10H,11-12H2,1-6H3. The molecule has 4 heteroatoms. The van der Waals surface area contributed by atoms with Gasteiger partial charge in [0.15, 0.2) is 5.96 Å². The van der Waals surface area contributed by atoms with Crippen LogP contribution in [-0.4, -0.2) is 62.9 Å². The minimum atomic E-state index is 0.718. The molecule has 0 saturated carbocycles. The van der Waals surface area contributed by atoms with Crippen LogP contribution in [0, 0.1) is 0 Å². The van der Waals surface area contributed by atoms with E-state index in [1.807, 2.05) is 38.0 Å². The molecule has 0 unspecified atom stereocenters. The van der Waals surface area contributed by atoms with Gasteiger partial charge in [-0.15, -0.1) is 0 Å². The molecule has 0 fully saturated rings. The van der Waals surface area contributed by atoms with Crippen LogP contribution < -0.4 is 0 Å². The second kappa shape index (κ2) is 7.14. The van der Waals surface area contributed by atoms with E-state index in [1.54, 1.807) is 0 Å². The highest BCUT2D eigenvalue weighted by atomic mass is 15.3. The maximum Gasteiger partial charge on any atom is 0.195 e. The smallest absolute Gasteiger partial charge is 0.195 e. The molecule has 0 spiro atoms. The summed E-state index contributed by atoms with van der Waals surface area (Å²) in [4.78, 5) is 11.0. The first kappa shape index (κ1) is 15.5. The Morgan fingerprint density at radius 3 is 1.89 bits per heavy atom. The molecule has 0 heterocycles. The van der Waals surface area contributed by atoms with Crippen LogP contribution in [0.5, 0.6) is 0 Å². The van der Waals surface area contributed by atoms with Crippen LogP contribution in [-0.2, 0) is 13.1 Å². The van der Waals surface area contributed by atoms with Crippen molar-refractivity contribution in [1.29, 1.82) is 0 Å². The third kappa shape index (κ3) is 4.91. The average Bonchev–Trinajstić information content (AvgIpc) is 2.29. The van der Waals surface area contributed by atoms with E-state index in [9.17, 15) is 0 Å². The van der Waals surface area contributed by atoms with E-state index in [2.05, 4.69) is 43.3 Å². The Morgan fingerprint density at radius 1 is 0.895 bits per heavy atom. The summed E-state index contributed by atoms with van der Waals surface area (Å²) in [6.07, 6.45) is 0. The van der Waals surface area contributed by atoms with Crippen LogP contribution in [0.25, 0.3) is 0 Å². The van der Waals surface area contributed by atoms with Crippen LogP contribution >= 0.6 is 0 Å². The van der Waals surface area contributed by atoms with E-state index in [-0.39, 0.29) is 0 Å². The van der Waals surface area contributed by atoms with E-state index < -0.39 is 0 Å². The van der Waals surface area contributed by atoms with Crippen molar-refractivity contribution in [2.75, 3.05) is 42.3 Å². The Balaban J connectivity index is 2.90. The first-order valence-electron chi connectivity index (χ1n) is 6.52. The third-order valence-corrected chi connectivity index (χ3v) is 2.80. The van der Waals surface area contributed by atoms with Crippen molar-refractivity contribution < 1.29 is 0 Å². The highest BCUT2D eigenvalue weighted by Gasteiger charge is 2.06. The maximum absolute atomic E-state index is 4.71. The van der Waals surface area contributed by atoms with Gasteiger partial charge in [-0.1, -0.05) is 24.3 Å². The Morgan fingerprint density at radius 2 is 1.42 bits per heavy atom. The number of hydrogen-bond donors (Lipinski definition) is 0. The lowest BCUT2D eigenvalue weighted by Crippen LogP contribution is -2.35. The van der Waals surface area contributed by atoms with Gasteiger partial charge in [-0.2, -0.15) is 0 Å². The lowest BCUT2D eigenvalue weighted by Gasteiger charge is -2.23. The number of hydrogen-bond acceptors (Lipinski definition) is 2. The first-order chi connectivity index (χ1) is 8.91. The predicted octanol–water partition coefficient (Wildman–Crippen LogP) is 1.73. The summed E-state index contributed by atoms with van der Waals surface area (Å²) in [7, 11) is 12.3. The van der Waals surface area contributed by atoms with Crippen molar-refractivity contribution in [3.8, 4) is 0 Å². The minimum absolute atomic E-state index is 0.718. The highest BCUT2D eigenvalue weighted by molar-refractivity contribution is 5.79. The lowest BCUT2D eigenvalue weighted by molar-refractivity contribution is 0.401. The molecular formula is C15H26N4. The topological polar surface area (TPSA) is 22.1 Å². The molecule has 0 aliphatic rings. The molecule has 0 atom stereocenters. The van der Waals surface area contributed by atoms with E-state index >= 15 is 0 Å². The zero-order valence-corrected chi connectivity index (χ0v) is 13.0.